The Morgan fingerprint density at radius 3 is 2.32 bits per heavy atom. The SMILES string of the molecule is CCC(C(=O)NCCOc1ccccc1C)N(c1ccc(C)cc1)S(C)(=O)=O. The van der Waals surface area contributed by atoms with Gasteiger partial charge in [0.1, 0.15) is 18.4 Å². The fourth-order valence-corrected chi connectivity index (χ4v) is 4.14. The number of hydrogen-bond donors (Lipinski definition) is 1. The van der Waals surface area contributed by atoms with Crippen molar-refractivity contribution in [3.63, 3.8) is 0 Å². The minimum absolute atomic E-state index is 0.287. The number of hydrogen-bond acceptors (Lipinski definition) is 4. The normalized spacial score (nSPS) is 12.3. The first-order chi connectivity index (χ1) is 13.2. The lowest BCUT2D eigenvalue weighted by Gasteiger charge is -2.30. The summed E-state index contributed by atoms with van der Waals surface area (Å²) >= 11 is 0. The first-order valence-electron chi connectivity index (χ1n) is 9.26. The van der Waals surface area contributed by atoms with E-state index in [0.29, 0.717) is 18.7 Å². The molecule has 1 unspecified atom stereocenters. The molecule has 2 aromatic carbocycles. The Bertz CT molecular complexity index is 895. The molecule has 1 amide bonds. The van der Waals surface area contributed by atoms with Crippen molar-refractivity contribution in [1.29, 1.82) is 0 Å². The van der Waals surface area contributed by atoms with Crippen LogP contribution in [-0.4, -0.2) is 39.8 Å². The van der Waals surface area contributed by atoms with Gasteiger partial charge in [-0.05, 0) is 44.0 Å². The van der Waals surface area contributed by atoms with Crippen LogP contribution in [0.3, 0.4) is 0 Å². The molecule has 0 saturated carbocycles. The van der Waals surface area contributed by atoms with Crippen molar-refractivity contribution in [3.05, 3.63) is 59.7 Å². The van der Waals surface area contributed by atoms with E-state index in [4.69, 9.17) is 4.74 Å². The van der Waals surface area contributed by atoms with Crippen molar-refractivity contribution in [2.24, 2.45) is 0 Å². The molecule has 6 nitrogen and oxygen atoms in total. The third-order valence-corrected chi connectivity index (χ3v) is 5.55. The molecular formula is C21H28N2O4S. The molecule has 0 aliphatic carbocycles. The third-order valence-electron chi connectivity index (χ3n) is 4.37. The summed E-state index contributed by atoms with van der Waals surface area (Å²) in [5.41, 5.74) is 2.51. The van der Waals surface area contributed by atoms with E-state index in [0.717, 1.165) is 23.1 Å². The van der Waals surface area contributed by atoms with Crippen LogP contribution in [0.1, 0.15) is 24.5 Å². The van der Waals surface area contributed by atoms with Crippen molar-refractivity contribution in [1.82, 2.24) is 5.32 Å². The monoisotopic (exact) mass is 404 g/mol. The Labute approximate surface area is 167 Å². The highest BCUT2D eigenvalue weighted by Gasteiger charge is 2.31. The van der Waals surface area contributed by atoms with Gasteiger partial charge in [0, 0.05) is 0 Å². The Balaban J connectivity index is 2.05. The van der Waals surface area contributed by atoms with Gasteiger partial charge in [-0.3, -0.25) is 9.10 Å². The number of ether oxygens (including phenoxy) is 1. The van der Waals surface area contributed by atoms with E-state index in [2.05, 4.69) is 5.32 Å². The molecule has 28 heavy (non-hydrogen) atoms. The topological polar surface area (TPSA) is 75.7 Å². The van der Waals surface area contributed by atoms with E-state index in [9.17, 15) is 13.2 Å². The zero-order valence-corrected chi connectivity index (χ0v) is 17.6. The number of rotatable bonds is 9. The van der Waals surface area contributed by atoms with E-state index in [1.807, 2.05) is 50.2 Å². The second-order valence-corrected chi connectivity index (χ2v) is 8.58. The van der Waals surface area contributed by atoms with Crippen molar-refractivity contribution in [3.8, 4) is 5.75 Å². The predicted octanol–water partition coefficient (Wildman–Crippen LogP) is 3.04. The molecule has 0 bridgehead atoms. The van der Waals surface area contributed by atoms with E-state index in [1.165, 1.54) is 4.31 Å². The first kappa shape index (κ1) is 21.8. The molecule has 2 aromatic rings. The summed E-state index contributed by atoms with van der Waals surface area (Å²) < 4.78 is 31.7. The number of anilines is 1. The maximum absolute atomic E-state index is 12.7. The quantitative estimate of drug-likeness (QED) is 0.652. The van der Waals surface area contributed by atoms with E-state index >= 15 is 0 Å². The van der Waals surface area contributed by atoms with Gasteiger partial charge in [0.05, 0.1) is 18.5 Å². The van der Waals surface area contributed by atoms with E-state index < -0.39 is 16.1 Å². The summed E-state index contributed by atoms with van der Waals surface area (Å²) in [4.78, 5) is 12.7. The van der Waals surface area contributed by atoms with Crippen molar-refractivity contribution < 1.29 is 17.9 Å². The molecule has 0 radical (unpaired) electrons. The number of carbonyl (C=O) groups excluding carboxylic acids is 1. The fourth-order valence-electron chi connectivity index (χ4n) is 2.92. The lowest BCUT2D eigenvalue weighted by Crippen LogP contribution is -2.50. The molecule has 0 heterocycles. The highest BCUT2D eigenvalue weighted by Crippen LogP contribution is 2.23. The summed E-state index contributed by atoms with van der Waals surface area (Å²) in [6, 6.07) is 13.9. The van der Waals surface area contributed by atoms with Crippen LogP contribution < -0.4 is 14.4 Å². The number of benzene rings is 2. The molecule has 0 aromatic heterocycles. The molecule has 2 rings (SSSR count). The van der Waals surface area contributed by atoms with Gasteiger partial charge in [-0.1, -0.05) is 42.8 Å². The summed E-state index contributed by atoms with van der Waals surface area (Å²) in [5.74, 6) is 0.420. The molecule has 0 aliphatic rings. The van der Waals surface area contributed by atoms with E-state index in [1.54, 1.807) is 19.1 Å². The Morgan fingerprint density at radius 1 is 1.11 bits per heavy atom. The molecule has 7 heteroatoms. The van der Waals surface area contributed by atoms with Crippen LogP contribution in [0.2, 0.25) is 0 Å². The number of nitrogens with one attached hydrogen (secondary N) is 1. The van der Waals surface area contributed by atoms with Gasteiger partial charge in [-0.2, -0.15) is 0 Å². The maximum atomic E-state index is 12.7. The summed E-state index contributed by atoms with van der Waals surface area (Å²) in [6.45, 7) is 6.26. The minimum atomic E-state index is -3.63. The Kier molecular flexibility index (Phi) is 7.45. The van der Waals surface area contributed by atoms with Crippen LogP contribution in [0.5, 0.6) is 5.75 Å². The first-order valence-corrected chi connectivity index (χ1v) is 11.1. The molecule has 0 aliphatic heterocycles. The van der Waals surface area contributed by atoms with Crippen LogP contribution in [0.15, 0.2) is 48.5 Å². The average molecular weight is 405 g/mol. The van der Waals surface area contributed by atoms with E-state index in [-0.39, 0.29) is 12.5 Å². The third kappa shape index (κ3) is 5.73. The highest BCUT2D eigenvalue weighted by molar-refractivity contribution is 7.92. The van der Waals surface area contributed by atoms with Gasteiger partial charge in [0.25, 0.3) is 0 Å². The van der Waals surface area contributed by atoms with Gasteiger partial charge < -0.3 is 10.1 Å². The fraction of sp³-hybridized carbons (Fsp3) is 0.381. The molecule has 1 atom stereocenters. The summed E-state index contributed by atoms with van der Waals surface area (Å²) in [5, 5.41) is 2.79. The molecule has 0 fully saturated rings. The lowest BCUT2D eigenvalue weighted by atomic mass is 10.1. The van der Waals surface area contributed by atoms with Crippen LogP contribution in [0.25, 0.3) is 0 Å². The van der Waals surface area contributed by atoms with Crippen LogP contribution in [0, 0.1) is 13.8 Å². The molecule has 152 valence electrons. The Hall–Kier alpha value is -2.54. The number of carbonyl (C=O) groups is 1. The number of sulfonamides is 1. The van der Waals surface area contributed by atoms with Gasteiger partial charge >= 0.3 is 0 Å². The maximum Gasteiger partial charge on any atom is 0.244 e. The summed E-state index contributed by atoms with van der Waals surface area (Å²) in [6.07, 6.45) is 1.47. The number of nitrogens with zero attached hydrogens (tertiary/aromatic N) is 1. The van der Waals surface area contributed by atoms with Crippen molar-refractivity contribution >= 4 is 21.6 Å². The van der Waals surface area contributed by atoms with Crippen molar-refractivity contribution in [2.75, 3.05) is 23.7 Å². The zero-order valence-electron chi connectivity index (χ0n) is 16.8. The highest BCUT2D eigenvalue weighted by atomic mass is 32.2. The Morgan fingerprint density at radius 2 is 1.75 bits per heavy atom. The molecule has 1 N–H and O–H groups in total. The van der Waals surface area contributed by atoms with Crippen LogP contribution >= 0.6 is 0 Å². The predicted molar refractivity (Wildman–Crippen MR) is 112 cm³/mol. The van der Waals surface area contributed by atoms with Crippen LogP contribution in [-0.2, 0) is 14.8 Å². The second-order valence-electron chi connectivity index (χ2n) is 6.72. The number of aryl methyl sites for hydroxylation is 2. The molecular weight excluding hydrogens is 376 g/mol. The smallest absolute Gasteiger partial charge is 0.244 e. The molecule has 0 spiro atoms. The average Bonchev–Trinajstić information content (AvgIpc) is 2.64. The zero-order chi connectivity index (χ0) is 20.7. The largest absolute Gasteiger partial charge is 0.491 e. The van der Waals surface area contributed by atoms with Crippen LogP contribution in [0.4, 0.5) is 5.69 Å². The number of para-hydroxylation sites is 1. The standard InChI is InChI=1S/C21H28N2O4S/c1-5-19(23(28(4,25)26)18-12-10-16(2)11-13-18)21(24)22-14-15-27-20-9-7-6-8-17(20)3/h6-13,19H,5,14-15H2,1-4H3,(H,22,24). The molecule has 0 saturated heterocycles. The summed E-state index contributed by atoms with van der Waals surface area (Å²) in [7, 11) is -3.63. The second kappa shape index (κ2) is 9.59. The number of amides is 1. The van der Waals surface area contributed by atoms with Crippen molar-refractivity contribution in [2.45, 2.75) is 33.2 Å². The minimum Gasteiger partial charge on any atom is -0.491 e. The van der Waals surface area contributed by atoms with Gasteiger partial charge in [0.2, 0.25) is 15.9 Å². The van der Waals surface area contributed by atoms with Gasteiger partial charge in [0.15, 0.2) is 0 Å². The van der Waals surface area contributed by atoms with Gasteiger partial charge in [-0.15, -0.1) is 0 Å². The van der Waals surface area contributed by atoms with Gasteiger partial charge in [-0.25, -0.2) is 8.42 Å². The lowest BCUT2D eigenvalue weighted by molar-refractivity contribution is -0.122.